The summed E-state index contributed by atoms with van der Waals surface area (Å²) in [6.07, 6.45) is 2.03. The van der Waals surface area contributed by atoms with Crippen molar-refractivity contribution in [3.63, 3.8) is 0 Å². The zero-order valence-electron chi connectivity index (χ0n) is 16.0. The van der Waals surface area contributed by atoms with E-state index in [1.807, 2.05) is 24.3 Å². The Labute approximate surface area is 176 Å². The first-order valence-electron chi connectivity index (χ1n) is 9.20. The van der Waals surface area contributed by atoms with Crippen LogP contribution in [0.1, 0.15) is 23.8 Å². The summed E-state index contributed by atoms with van der Waals surface area (Å²) >= 11 is 1.00. The number of halogens is 2. The molecule has 5 nitrogen and oxygen atoms in total. The van der Waals surface area contributed by atoms with E-state index >= 15 is 0 Å². The molecule has 0 saturated carbocycles. The van der Waals surface area contributed by atoms with Crippen LogP contribution in [-0.2, 0) is 4.79 Å². The van der Waals surface area contributed by atoms with Gasteiger partial charge in [0.15, 0.2) is 0 Å². The Morgan fingerprint density at radius 3 is 2.70 bits per heavy atom. The predicted molar refractivity (Wildman–Crippen MR) is 110 cm³/mol. The van der Waals surface area contributed by atoms with Gasteiger partial charge in [0.25, 0.3) is 5.91 Å². The highest BCUT2D eigenvalue weighted by Gasteiger charge is 2.34. The minimum Gasteiger partial charge on any atom is -0.497 e. The fourth-order valence-corrected chi connectivity index (χ4v) is 3.97. The molecule has 1 aromatic heterocycles. The number of ether oxygens (including phenoxy) is 1. The van der Waals surface area contributed by atoms with Gasteiger partial charge in [-0.2, -0.15) is 5.10 Å². The van der Waals surface area contributed by atoms with E-state index in [1.54, 1.807) is 25.5 Å². The molecule has 0 bridgehead atoms. The molecule has 8 heteroatoms. The SMILES string of the molecule is COc1ccc(C2=NN(C(=O)CSc3ccc(F)cc3F)C(c3ccco3)C2)cc1. The Morgan fingerprint density at radius 1 is 1.23 bits per heavy atom. The van der Waals surface area contributed by atoms with E-state index < -0.39 is 11.6 Å². The van der Waals surface area contributed by atoms with Gasteiger partial charge in [0, 0.05) is 17.4 Å². The number of benzene rings is 2. The normalized spacial score (nSPS) is 15.9. The molecule has 0 radical (unpaired) electrons. The number of methoxy groups -OCH3 is 1. The number of nitrogens with zero attached hydrogens (tertiary/aromatic N) is 2. The van der Waals surface area contributed by atoms with E-state index in [-0.39, 0.29) is 22.6 Å². The Hall–Kier alpha value is -3.13. The molecular formula is C22H18F2N2O3S. The maximum absolute atomic E-state index is 13.9. The average Bonchev–Trinajstić information content (AvgIpc) is 3.43. The van der Waals surface area contributed by atoms with Gasteiger partial charge in [0.2, 0.25) is 0 Å². The van der Waals surface area contributed by atoms with Crippen LogP contribution < -0.4 is 4.74 Å². The van der Waals surface area contributed by atoms with Crippen LogP contribution in [0.3, 0.4) is 0 Å². The van der Waals surface area contributed by atoms with Gasteiger partial charge in [-0.15, -0.1) is 11.8 Å². The van der Waals surface area contributed by atoms with Gasteiger partial charge < -0.3 is 9.15 Å². The van der Waals surface area contributed by atoms with Crippen LogP contribution in [0.4, 0.5) is 8.78 Å². The monoisotopic (exact) mass is 428 g/mol. The van der Waals surface area contributed by atoms with Crippen LogP contribution in [0, 0.1) is 11.6 Å². The molecule has 0 fully saturated rings. The maximum Gasteiger partial charge on any atom is 0.253 e. The van der Waals surface area contributed by atoms with Gasteiger partial charge in [-0.1, -0.05) is 0 Å². The zero-order chi connectivity index (χ0) is 21.1. The van der Waals surface area contributed by atoms with Gasteiger partial charge in [0.05, 0.1) is 24.8 Å². The van der Waals surface area contributed by atoms with E-state index in [0.717, 1.165) is 40.9 Å². The Morgan fingerprint density at radius 2 is 2.03 bits per heavy atom. The van der Waals surface area contributed by atoms with Gasteiger partial charge >= 0.3 is 0 Å². The molecule has 4 rings (SSSR count). The van der Waals surface area contributed by atoms with E-state index in [2.05, 4.69) is 5.10 Å². The minimum absolute atomic E-state index is 0.0425. The molecule has 154 valence electrons. The van der Waals surface area contributed by atoms with Crippen molar-refractivity contribution in [1.82, 2.24) is 5.01 Å². The fraction of sp³-hybridized carbons (Fsp3) is 0.182. The minimum atomic E-state index is -0.695. The molecule has 0 aliphatic carbocycles. The van der Waals surface area contributed by atoms with Gasteiger partial charge in [0.1, 0.15) is 29.2 Å². The second-order valence-electron chi connectivity index (χ2n) is 6.61. The smallest absolute Gasteiger partial charge is 0.253 e. The standard InChI is InChI=1S/C22H18F2N2O3S/c1-28-16-7-4-14(5-8-16)18-12-19(20-3-2-10-29-20)26(25-18)22(27)13-30-21-9-6-15(23)11-17(21)24/h2-11,19H,12-13H2,1H3. The number of thioether (sulfide) groups is 1. The third-order valence-electron chi connectivity index (χ3n) is 4.71. The number of carbonyl (C=O) groups is 1. The molecule has 1 atom stereocenters. The summed E-state index contributed by atoms with van der Waals surface area (Å²) in [6, 6.07) is 13.9. The highest BCUT2D eigenvalue weighted by atomic mass is 32.2. The topological polar surface area (TPSA) is 55.0 Å². The summed E-state index contributed by atoms with van der Waals surface area (Å²) in [5.74, 6) is -0.347. The van der Waals surface area contributed by atoms with Crippen LogP contribution in [0.25, 0.3) is 0 Å². The predicted octanol–water partition coefficient (Wildman–Crippen LogP) is 5.04. The summed E-state index contributed by atoms with van der Waals surface area (Å²) in [5, 5.41) is 5.91. The van der Waals surface area contributed by atoms with Crippen molar-refractivity contribution in [3.05, 3.63) is 83.8 Å². The van der Waals surface area contributed by atoms with Crippen molar-refractivity contribution < 1.29 is 22.7 Å². The number of hydrogen-bond donors (Lipinski definition) is 0. The first kappa shape index (κ1) is 20.2. The van der Waals surface area contributed by atoms with Gasteiger partial charge in [-0.05, 0) is 54.1 Å². The molecule has 0 N–H and O–H groups in total. The van der Waals surface area contributed by atoms with E-state index in [4.69, 9.17) is 9.15 Å². The third kappa shape index (κ3) is 4.23. The number of furan rings is 1. The Balaban J connectivity index is 1.55. The number of hydrazone groups is 1. The first-order chi connectivity index (χ1) is 14.5. The maximum atomic E-state index is 13.9. The molecule has 1 aliphatic heterocycles. The lowest BCUT2D eigenvalue weighted by Gasteiger charge is -2.19. The van der Waals surface area contributed by atoms with Crippen molar-refractivity contribution in [2.45, 2.75) is 17.4 Å². The van der Waals surface area contributed by atoms with E-state index in [1.165, 1.54) is 11.1 Å². The highest BCUT2D eigenvalue weighted by Crippen LogP contribution is 2.34. The highest BCUT2D eigenvalue weighted by molar-refractivity contribution is 8.00. The van der Waals surface area contributed by atoms with Crippen molar-refractivity contribution >= 4 is 23.4 Å². The second kappa shape index (κ2) is 8.71. The molecule has 1 amide bonds. The molecular weight excluding hydrogens is 410 g/mol. The average molecular weight is 428 g/mol. The molecule has 3 aromatic rings. The molecule has 0 spiro atoms. The number of amides is 1. The lowest BCUT2D eigenvalue weighted by molar-refractivity contribution is -0.130. The van der Waals surface area contributed by atoms with Crippen molar-refractivity contribution in [1.29, 1.82) is 0 Å². The third-order valence-corrected chi connectivity index (χ3v) is 5.74. The summed E-state index contributed by atoms with van der Waals surface area (Å²) < 4.78 is 37.7. The molecule has 1 unspecified atom stereocenters. The number of rotatable bonds is 6. The zero-order valence-corrected chi connectivity index (χ0v) is 16.9. The van der Waals surface area contributed by atoms with E-state index in [0.29, 0.717) is 12.2 Å². The Kier molecular flexibility index (Phi) is 5.85. The molecule has 2 heterocycles. The summed E-state index contributed by atoms with van der Waals surface area (Å²) in [6.45, 7) is 0. The van der Waals surface area contributed by atoms with Crippen LogP contribution in [-0.4, -0.2) is 29.5 Å². The van der Waals surface area contributed by atoms with E-state index in [9.17, 15) is 13.6 Å². The second-order valence-corrected chi connectivity index (χ2v) is 7.63. The first-order valence-corrected chi connectivity index (χ1v) is 10.2. The quantitative estimate of drug-likeness (QED) is 0.517. The molecule has 30 heavy (non-hydrogen) atoms. The molecule has 1 aliphatic rings. The largest absolute Gasteiger partial charge is 0.497 e. The fourth-order valence-electron chi connectivity index (χ4n) is 3.20. The number of hydrogen-bond acceptors (Lipinski definition) is 5. The van der Waals surface area contributed by atoms with Crippen LogP contribution in [0.15, 0.2) is 75.3 Å². The molecule has 2 aromatic carbocycles. The van der Waals surface area contributed by atoms with Crippen molar-refractivity contribution in [2.75, 3.05) is 12.9 Å². The lowest BCUT2D eigenvalue weighted by Crippen LogP contribution is -2.28. The summed E-state index contributed by atoms with van der Waals surface area (Å²) in [5.41, 5.74) is 1.62. The van der Waals surface area contributed by atoms with Crippen molar-refractivity contribution in [3.8, 4) is 5.75 Å². The van der Waals surface area contributed by atoms with Gasteiger partial charge in [-0.25, -0.2) is 13.8 Å². The summed E-state index contributed by atoms with van der Waals surface area (Å²) in [7, 11) is 1.59. The van der Waals surface area contributed by atoms with Crippen LogP contribution in [0.5, 0.6) is 5.75 Å². The van der Waals surface area contributed by atoms with Crippen LogP contribution in [0.2, 0.25) is 0 Å². The number of carbonyl (C=O) groups excluding carboxylic acids is 1. The molecule has 0 saturated heterocycles. The van der Waals surface area contributed by atoms with Crippen LogP contribution >= 0.6 is 11.8 Å². The van der Waals surface area contributed by atoms with Gasteiger partial charge in [-0.3, -0.25) is 4.79 Å². The van der Waals surface area contributed by atoms with Crippen molar-refractivity contribution in [2.24, 2.45) is 5.10 Å². The summed E-state index contributed by atoms with van der Waals surface area (Å²) in [4.78, 5) is 13.1. The lowest BCUT2D eigenvalue weighted by atomic mass is 10.0. The Bertz CT molecular complexity index is 1070.